The van der Waals surface area contributed by atoms with Crippen LogP contribution in [-0.4, -0.2) is 28.3 Å². The number of aromatic nitrogens is 1. The van der Waals surface area contributed by atoms with Gasteiger partial charge >= 0.3 is 23.5 Å². The van der Waals surface area contributed by atoms with Crippen LogP contribution in [0.5, 0.6) is 0 Å². The fourth-order valence-electron chi connectivity index (χ4n) is 1.58. The van der Waals surface area contributed by atoms with E-state index in [0.29, 0.717) is 0 Å². The Kier molecular flexibility index (Phi) is 5.36. The molecule has 1 N–H and O–H groups in total. The number of nitrogens with one attached hydrogen (secondary N) is 1. The number of carbonyl (C=O) groups excluding carboxylic acids is 1. The first-order chi connectivity index (χ1) is 9.38. The molecule has 4 nitrogen and oxygen atoms in total. The Labute approximate surface area is 128 Å². The molecule has 0 aliphatic carbocycles. The van der Waals surface area contributed by atoms with Crippen molar-refractivity contribution in [2.45, 2.75) is 6.18 Å². The van der Waals surface area contributed by atoms with Gasteiger partial charge < -0.3 is 15.2 Å². The number of hydrogen-bond acceptors (Lipinski definition) is 4. The van der Waals surface area contributed by atoms with Crippen molar-refractivity contribution >= 4 is 34.8 Å². The topological polar surface area (TPSA) is 65.0 Å². The van der Waals surface area contributed by atoms with E-state index in [9.17, 15) is 23.1 Å². The minimum atomic E-state index is -4.47. The van der Waals surface area contributed by atoms with Gasteiger partial charge in [0.15, 0.2) is 0 Å². The first-order valence-electron chi connectivity index (χ1n) is 5.48. The van der Waals surface area contributed by atoms with Gasteiger partial charge in [-0.3, -0.25) is 0 Å². The zero-order valence-corrected chi connectivity index (χ0v) is 11.7. The molecule has 1 aromatic carbocycles. The van der Waals surface area contributed by atoms with Crippen molar-refractivity contribution in [1.82, 2.24) is 4.98 Å². The summed E-state index contributed by atoms with van der Waals surface area (Å²) in [6.07, 6.45) is -3.15. The van der Waals surface area contributed by atoms with Crippen molar-refractivity contribution in [3.05, 3.63) is 53.7 Å². The van der Waals surface area contributed by atoms with Crippen LogP contribution in [0.1, 0.15) is 15.9 Å². The van der Waals surface area contributed by atoms with Crippen LogP contribution >= 0.6 is 0 Å². The van der Waals surface area contributed by atoms with E-state index in [0.717, 1.165) is 12.1 Å². The molecule has 0 aliphatic rings. The SMILES string of the molecule is O=C([O-])c1cccnc1Nc1cccc(C(F)(F)F)c1.[Al+3]. The summed E-state index contributed by atoms with van der Waals surface area (Å²) in [6, 6.07) is 7.02. The average Bonchev–Trinajstić information content (AvgIpc) is 2.38. The van der Waals surface area contributed by atoms with E-state index in [1.165, 1.54) is 30.5 Å². The third-order valence-corrected chi connectivity index (χ3v) is 2.48. The van der Waals surface area contributed by atoms with Crippen LogP contribution in [0.25, 0.3) is 0 Å². The molecule has 104 valence electrons. The van der Waals surface area contributed by atoms with Crippen LogP contribution in [0, 0.1) is 0 Å². The summed E-state index contributed by atoms with van der Waals surface area (Å²) in [7, 11) is 0. The molecule has 1 heterocycles. The molecule has 0 saturated carbocycles. The van der Waals surface area contributed by atoms with Gasteiger partial charge in [-0.25, -0.2) is 4.98 Å². The molecule has 2 rings (SSSR count). The molecule has 0 saturated heterocycles. The monoisotopic (exact) mass is 308 g/mol. The summed E-state index contributed by atoms with van der Waals surface area (Å²) < 4.78 is 37.7. The minimum Gasteiger partial charge on any atom is -0.545 e. The number of carboxylic acid groups (broad SMARTS) is 1. The summed E-state index contributed by atoms with van der Waals surface area (Å²) in [5, 5.41) is 13.4. The predicted octanol–water partition coefficient (Wildman–Crippen LogP) is 1.83. The second-order valence-corrected chi connectivity index (χ2v) is 3.89. The van der Waals surface area contributed by atoms with E-state index in [1.807, 2.05) is 0 Å². The van der Waals surface area contributed by atoms with Crippen LogP contribution in [0.2, 0.25) is 0 Å². The summed E-state index contributed by atoms with van der Waals surface area (Å²) in [4.78, 5) is 14.6. The third-order valence-electron chi connectivity index (χ3n) is 2.48. The number of halogens is 3. The molecule has 21 heavy (non-hydrogen) atoms. The molecular weight excluding hydrogens is 300 g/mol. The molecule has 0 fully saturated rings. The van der Waals surface area contributed by atoms with E-state index < -0.39 is 17.7 Å². The number of anilines is 2. The molecule has 8 heteroatoms. The molecule has 2 aromatic rings. The fourth-order valence-corrected chi connectivity index (χ4v) is 1.58. The largest absolute Gasteiger partial charge is 3.00 e. The van der Waals surface area contributed by atoms with Crippen LogP contribution in [-0.2, 0) is 6.18 Å². The number of alkyl halides is 3. The second-order valence-electron chi connectivity index (χ2n) is 3.89. The van der Waals surface area contributed by atoms with Crippen molar-refractivity contribution in [2.75, 3.05) is 5.32 Å². The number of aromatic carboxylic acids is 1. The maximum atomic E-state index is 12.6. The Balaban J connectivity index is 0.00000220. The van der Waals surface area contributed by atoms with Crippen LogP contribution in [0.4, 0.5) is 24.7 Å². The average molecular weight is 308 g/mol. The van der Waals surface area contributed by atoms with E-state index in [1.54, 1.807) is 0 Å². The van der Waals surface area contributed by atoms with Crippen molar-refractivity contribution in [1.29, 1.82) is 0 Å². The van der Waals surface area contributed by atoms with Gasteiger partial charge in [0.05, 0.1) is 11.5 Å². The van der Waals surface area contributed by atoms with Crippen molar-refractivity contribution in [2.24, 2.45) is 0 Å². The summed E-state index contributed by atoms with van der Waals surface area (Å²) >= 11 is 0. The maximum absolute atomic E-state index is 12.6. The van der Waals surface area contributed by atoms with E-state index in [-0.39, 0.29) is 34.4 Å². The van der Waals surface area contributed by atoms with Crippen LogP contribution in [0.15, 0.2) is 42.6 Å². The Morgan fingerprint density at radius 3 is 2.52 bits per heavy atom. The number of hydrogen-bond donors (Lipinski definition) is 1. The number of benzene rings is 1. The third kappa shape index (κ3) is 4.21. The van der Waals surface area contributed by atoms with Gasteiger partial charge in [-0.05, 0) is 30.3 Å². The molecule has 0 amide bonds. The van der Waals surface area contributed by atoms with Gasteiger partial charge in [-0.2, -0.15) is 13.2 Å². The van der Waals surface area contributed by atoms with E-state index in [2.05, 4.69) is 10.3 Å². The smallest absolute Gasteiger partial charge is 0.545 e. The minimum absolute atomic E-state index is 0. The molecular formula is C13H8AlF3N2O2+2. The van der Waals surface area contributed by atoms with Gasteiger partial charge in [0.25, 0.3) is 0 Å². The van der Waals surface area contributed by atoms with E-state index in [4.69, 9.17) is 0 Å². The summed E-state index contributed by atoms with van der Waals surface area (Å²) in [5.74, 6) is -1.54. The molecule has 0 aliphatic heterocycles. The van der Waals surface area contributed by atoms with Gasteiger partial charge in [0, 0.05) is 17.4 Å². The fraction of sp³-hybridized carbons (Fsp3) is 0.0769. The predicted molar refractivity (Wildman–Crippen MR) is 69.0 cm³/mol. The van der Waals surface area contributed by atoms with Gasteiger partial charge in [0.1, 0.15) is 5.82 Å². The zero-order chi connectivity index (χ0) is 14.8. The first kappa shape index (κ1) is 17.0. The quantitative estimate of drug-likeness (QED) is 0.879. The van der Waals surface area contributed by atoms with Crippen molar-refractivity contribution in [3.63, 3.8) is 0 Å². The second kappa shape index (κ2) is 6.61. The molecule has 0 unspecified atom stereocenters. The van der Waals surface area contributed by atoms with Gasteiger partial charge in [-0.1, -0.05) is 6.07 Å². The standard InChI is InChI=1S/C13H9F3N2O2.Al/c14-13(15,16)8-3-1-4-9(7-8)18-11-10(12(19)20)5-2-6-17-11;/h1-7H,(H,17,18)(H,19,20);/q;+3/p-1. The molecule has 1 aromatic heterocycles. The maximum Gasteiger partial charge on any atom is 3.00 e. The summed E-state index contributed by atoms with van der Waals surface area (Å²) in [6.45, 7) is 0. The number of nitrogens with zero attached hydrogens (tertiary/aromatic N) is 1. The Bertz CT molecular complexity index is 647. The number of carboxylic acids is 1. The van der Waals surface area contributed by atoms with E-state index >= 15 is 0 Å². The van der Waals surface area contributed by atoms with Crippen molar-refractivity contribution < 1.29 is 23.1 Å². The van der Waals surface area contributed by atoms with Crippen LogP contribution in [0.3, 0.4) is 0 Å². The van der Waals surface area contributed by atoms with Crippen molar-refractivity contribution in [3.8, 4) is 0 Å². The molecule has 0 radical (unpaired) electrons. The Hall–Kier alpha value is -2.04. The van der Waals surface area contributed by atoms with Crippen LogP contribution < -0.4 is 10.4 Å². The normalized spacial score (nSPS) is 10.6. The molecule has 0 atom stereocenters. The molecule has 0 bridgehead atoms. The first-order valence-corrected chi connectivity index (χ1v) is 5.48. The zero-order valence-electron chi connectivity index (χ0n) is 10.5. The number of carbonyl (C=O) groups is 1. The van der Waals surface area contributed by atoms with Gasteiger partial charge in [0.2, 0.25) is 0 Å². The number of rotatable bonds is 3. The molecule has 0 spiro atoms. The number of pyridine rings is 1. The summed E-state index contributed by atoms with van der Waals surface area (Å²) in [5.41, 5.74) is -0.987. The Morgan fingerprint density at radius 2 is 1.90 bits per heavy atom. The Morgan fingerprint density at radius 1 is 1.19 bits per heavy atom. The van der Waals surface area contributed by atoms with Gasteiger partial charge in [-0.15, -0.1) is 0 Å².